The van der Waals surface area contributed by atoms with Gasteiger partial charge in [0.25, 0.3) is 5.56 Å². The molecule has 1 aromatic carbocycles. The normalized spacial score (nSPS) is 19.4. The molecule has 1 aromatic heterocycles. The third-order valence-corrected chi connectivity index (χ3v) is 4.97. The van der Waals surface area contributed by atoms with Gasteiger partial charge in [-0.2, -0.15) is 0 Å². The summed E-state index contributed by atoms with van der Waals surface area (Å²) < 4.78 is 1.54. The van der Waals surface area contributed by atoms with E-state index in [2.05, 4.69) is 30.0 Å². The van der Waals surface area contributed by atoms with E-state index in [1.165, 1.54) is 6.07 Å². The van der Waals surface area contributed by atoms with Crippen LogP contribution in [0, 0.1) is 5.92 Å². The van der Waals surface area contributed by atoms with Gasteiger partial charge in [-0.05, 0) is 36.5 Å². The summed E-state index contributed by atoms with van der Waals surface area (Å²) in [5, 5.41) is 3.50. The zero-order chi connectivity index (χ0) is 19.4. The van der Waals surface area contributed by atoms with E-state index >= 15 is 0 Å². The number of benzene rings is 1. The van der Waals surface area contributed by atoms with Crippen molar-refractivity contribution in [2.24, 2.45) is 5.92 Å². The average Bonchev–Trinajstić information content (AvgIpc) is 3.07. The number of amides is 1. The molecule has 3 N–H and O–H groups in total. The summed E-state index contributed by atoms with van der Waals surface area (Å²) in [5.74, 6) is 0.455. The van der Waals surface area contributed by atoms with Gasteiger partial charge in [0.1, 0.15) is 6.04 Å². The second-order valence-corrected chi connectivity index (χ2v) is 7.78. The minimum atomic E-state index is -0.294. The molecule has 0 saturated carbocycles. The number of carbonyl (C=O) groups excluding carboxylic acids is 1. The maximum atomic E-state index is 12.5. The van der Waals surface area contributed by atoms with Crippen molar-refractivity contribution >= 4 is 23.2 Å². The number of halogens is 1. The number of pyridine rings is 1. The lowest BCUT2D eigenvalue weighted by molar-refractivity contribution is -0.117. The summed E-state index contributed by atoms with van der Waals surface area (Å²) in [5.41, 5.74) is 7.53. The van der Waals surface area contributed by atoms with Gasteiger partial charge in [0.05, 0.1) is 12.2 Å². The van der Waals surface area contributed by atoms with Crippen LogP contribution in [0.4, 0.5) is 5.69 Å². The number of aromatic nitrogens is 1. The zero-order valence-electron chi connectivity index (χ0n) is 15.5. The van der Waals surface area contributed by atoms with Gasteiger partial charge in [-0.25, -0.2) is 5.43 Å². The monoisotopic (exact) mass is 388 g/mol. The lowest BCUT2D eigenvalue weighted by Gasteiger charge is -2.13. The highest BCUT2D eigenvalue weighted by Gasteiger charge is 2.29. The lowest BCUT2D eigenvalue weighted by atomic mass is 10.00. The van der Waals surface area contributed by atoms with E-state index in [1.54, 1.807) is 22.9 Å². The Morgan fingerprint density at radius 3 is 2.78 bits per heavy atom. The molecule has 3 rings (SSSR count). The fourth-order valence-corrected chi connectivity index (χ4v) is 3.48. The number of nitrogens with zero attached hydrogens (tertiary/aromatic N) is 1. The van der Waals surface area contributed by atoms with Crippen LogP contribution in [-0.4, -0.2) is 22.6 Å². The molecule has 2 atom stereocenters. The van der Waals surface area contributed by atoms with Crippen LogP contribution < -0.4 is 21.7 Å². The first-order chi connectivity index (χ1) is 12.9. The van der Waals surface area contributed by atoms with Crippen LogP contribution in [0.1, 0.15) is 32.3 Å². The molecule has 1 saturated heterocycles. The Kier molecular flexibility index (Phi) is 6.31. The molecule has 1 amide bonds. The van der Waals surface area contributed by atoms with Crippen molar-refractivity contribution in [2.45, 2.75) is 45.3 Å². The van der Waals surface area contributed by atoms with Crippen LogP contribution >= 0.6 is 11.6 Å². The van der Waals surface area contributed by atoms with E-state index in [-0.39, 0.29) is 23.6 Å². The Labute approximate surface area is 163 Å². The molecule has 2 aromatic rings. The van der Waals surface area contributed by atoms with E-state index in [0.29, 0.717) is 23.2 Å². The highest BCUT2D eigenvalue weighted by Crippen LogP contribution is 2.17. The van der Waals surface area contributed by atoms with Gasteiger partial charge in [0, 0.05) is 23.3 Å². The van der Waals surface area contributed by atoms with E-state index in [4.69, 9.17) is 11.6 Å². The van der Waals surface area contributed by atoms with Crippen LogP contribution in [0.5, 0.6) is 0 Å². The van der Waals surface area contributed by atoms with E-state index < -0.39 is 0 Å². The van der Waals surface area contributed by atoms with Crippen molar-refractivity contribution in [2.75, 3.05) is 5.32 Å². The minimum Gasteiger partial charge on any atom is -0.323 e. The van der Waals surface area contributed by atoms with Crippen LogP contribution in [0.25, 0.3) is 0 Å². The molecule has 144 valence electrons. The third kappa shape index (κ3) is 5.19. The molecule has 0 bridgehead atoms. The van der Waals surface area contributed by atoms with Crippen LogP contribution in [0.15, 0.2) is 47.4 Å². The first-order valence-electron chi connectivity index (χ1n) is 9.18. The molecule has 0 radical (unpaired) electrons. The highest BCUT2D eigenvalue weighted by molar-refractivity contribution is 6.31. The van der Waals surface area contributed by atoms with Crippen LogP contribution in [0.2, 0.25) is 5.02 Å². The summed E-state index contributed by atoms with van der Waals surface area (Å²) in [6, 6.07) is 10.5. The third-order valence-electron chi connectivity index (χ3n) is 4.60. The molecular weight excluding hydrogens is 364 g/mol. The Hall–Kier alpha value is -2.15. The fraction of sp³-hybridized carbons (Fsp3) is 0.400. The Morgan fingerprint density at radius 1 is 1.26 bits per heavy atom. The van der Waals surface area contributed by atoms with Gasteiger partial charge in [-0.15, -0.1) is 0 Å². The highest BCUT2D eigenvalue weighted by atomic mass is 35.5. The van der Waals surface area contributed by atoms with Crippen LogP contribution in [-0.2, 0) is 11.3 Å². The fourth-order valence-electron chi connectivity index (χ4n) is 3.29. The van der Waals surface area contributed by atoms with E-state index in [1.807, 2.05) is 18.2 Å². The van der Waals surface area contributed by atoms with Gasteiger partial charge in [0.15, 0.2) is 0 Å². The molecule has 0 spiro atoms. The number of anilines is 1. The predicted molar refractivity (Wildman–Crippen MR) is 108 cm³/mol. The smallest absolute Gasteiger partial charge is 0.250 e. The molecule has 1 aliphatic heterocycles. The standard InChI is InChI=1S/C20H25ClN4O2/c1-13(2)9-16-10-18(24-23-16)20(27)22-15-7-8-19(26)25(12-15)11-14-5-3-4-6-17(14)21/h3-8,12-13,16,18,23-24H,9-11H2,1-2H3,(H,22,27). The van der Waals surface area contributed by atoms with Gasteiger partial charge in [-0.3, -0.25) is 15.0 Å². The number of hydrogen-bond donors (Lipinski definition) is 3. The van der Waals surface area contributed by atoms with Crippen molar-refractivity contribution in [3.63, 3.8) is 0 Å². The second kappa shape index (κ2) is 8.69. The van der Waals surface area contributed by atoms with Crippen molar-refractivity contribution in [1.29, 1.82) is 0 Å². The van der Waals surface area contributed by atoms with Gasteiger partial charge in [-0.1, -0.05) is 43.6 Å². The summed E-state index contributed by atoms with van der Waals surface area (Å²) in [6.45, 7) is 4.68. The number of carbonyl (C=O) groups is 1. The van der Waals surface area contributed by atoms with Crippen LogP contribution in [0.3, 0.4) is 0 Å². The molecule has 2 heterocycles. The minimum absolute atomic E-state index is 0.114. The van der Waals surface area contributed by atoms with E-state index in [9.17, 15) is 9.59 Å². The second-order valence-electron chi connectivity index (χ2n) is 7.37. The Morgan fingerprint density at radius 2 is 2.04 bits per heavy atom. The summed E-state index contributed by atoms with van der Waals surface area (Å²) in [6.07, 6.45) is 3.40. The van der Waals surface area contributed by atoms with Gasteiger partial charge < -0.3 is 9.88 Å². The van der Waals surface area contributed by atoms with Gasteiger partial charge in [0.2, 0.25) is 5.91 Å². The quantitative estimate of drug-likeness (QED) is 0.711. The molecule has 1 fully saturated rings. The predicted octanol–water partition coefficient (Wildman–Crippen LogP) is 2.77. The summed E-state index contributed by atoms with van der Waals surface area (Å²) >= 11 is 6.19. The van der Waals surface area contributed by atoms with E-state index in [0.717, 1.165) is 18.4 Å². The molecule has 6 nitrogen and oxygen atoms in total. The first-order valence-corrected chi connectivity index (χ1v) is 9.56. The molecule has 27 heavy (non-hydrogen) atoms. The molecule has 1 aliphatic rings. The van der Waals surface area contributed by atoms with Gasteiger partial charge >= 0.3 is 0 Å². The average molecular weight is 389 g/mol. The molecule has 7 heteroatoms. The molecule has 2 unspecified atom stereocenters. The summed E-state index contributed by atoms with van der Waals surface area (Å²) in [7, 11) is 0. The Balaban J connectivity index is 1.67. The first kappa shape index (κ1) is 19.6. The number of rotatable bonds is 6. The summed E-state index contributed by atoms with van der Waals surface area (Å²) in [4.78, 5) is 24.7. The zero-order valence-corrected chi connectivity index (χ0v) is 16.3. The largest absolute Gasteiger partial charge is 0.323 e. The maximum Gasteiger partial charge on any atom is 0.250 e. The number of nitrogens with one attached hydrogen (secondary N) is 3. The van der Waals surface area contributed by atoms with Crippen molar-refractivity contribution in [1.82, 2.24) is 15.4 Å². The lowest BCUT2D eigenvalue weighted by Crippen LogP contribution is -2.40. The molecule has 0 aliphatic carbocycles. The van der Waals surface area contributed by atoms with Crippen molar-refractivity contribution in [3.8, 4) is 0 Å². The Bertz CT molecular complexity index is 865. The maximum absolute atomic E-state index is 12.5. The number of hydrogen-bond acceptors (Lipinski definition) is 4. The topological polar surface area (TPSA) is 75.2 Å². The number of hydrazine groups is 1. The molecular formula is C20H25ClN4O2. The SMILES string of the molecule is CC(C)CC1CC(C(=O)Nc2ccc(=O)n(Cc3ccccc3Cl)c2)NN1. The van der Waals surface area contributed by atoms with Crippen molar-refractivity contribution < 1.29 is 4.79 Å². The van der Waals surface area contributed by atoms with Crippen molar-refractivity contribution in [3.05, 3.63) is 63.5 Å².